The molecule has 0 aliphatic rings. The van der Waals surface area contributed by atoms with Crippen LogP contribution in [0, 0.1) is 27.7 Å². The minimum Gasteiger partial charge on any atom is -0.448 e. The number of nitrogens with zero attached hydrogens (tertiary/aromatic N) is 1. The molecule has 0 radical (unpaired) electrons. The molecule has 6 heteroatoms. The Morgan fingerprint density at radius 1 is 1.03 bits per heavy atom. The first-order valence-corrected chi connectivity index (χ1v) is 10.2. The molecule has 0 spiro atoms. The number of hydrogen-bond acceptors (Lipinski definition) is 5. The third kappa shape index (κ3) is 4.71. The van der Waals surface area contributed by atoms with Crippen LogP contribution in [0.5, 0.6) is 0 Å². The van der Waals surface area contributed by atoms with Gasteiger partial charge in [0.15, 0.2) is 6.10 Å². The number of rotatable bonds is 5. The van der Waals surface area contributed by atoms with E-state index in [1.54, 1.807) is 13.8 Å². The summed E-state index contributed by atoms with van der Waals surface area (Å²) in [5, 5.41) is 3.63. The standard InChI is InChI=1S/C23H24N2O3S/c1-13-11-14(2)19(15(3)12-13)25-21(26)17(5)28-23(27)20-16(4)24-22(29-20)18-9-7-6-8-10-18/h6-12,17H,1-5H3,(H,25,26). The molecule has 5 nitrogen and oxygen atoms in total. The lowest BCUT2D eigenvalue weighted by Gasteiger charge is -2.16. The van der Waals surface area contributed by atoms with Gasteiger partial charge in [-0.05, 0) is 45.7 Å². The highest BCUT2D eigenvalue weighted by atomic mass is 32.1. The highest BCUT2D eigenvalue weighted by molar-refractivity contribution is 7.17. The van der Waals surface area contributed by atoms with E-state index >= 15 is 0 Å². The first-order valence-electron chi connectivity index (χ1n) is 9.38. The van der Waals surface area contributed by atoms with Crippen molar-refractivity contribution < 1.29 is 14.3 Å². The number of nitrogens with one attached hydrogen (secondary N) is 1. The van der Waals surface area contributed by atoms with Crippen LogP contribution in [0.2, 0.25) is 0 Å². The van der Waals surface area contributed by atoms with Crippen LogP contribution in [-0.4, -0.2) is 23.0 Å². The zero-order chi connectivity index (χ0) is 21.1. The van der Waals surface area contributed by atoms with Crippen molar-refractivity contribution in [3.8, 4) is 10.6 Å². The second-order valence-electron chi connectivity index (χ2n) is 7.11. The molecule has 3 aromatic rings. The van der Waals surface area contributed by atoms with Gasteiger partial charge in [-0.15, -0.1) is 11.3 Å². The molecule has 0 saturated heterocycles. The summed E-state index contributed by atoms with van der Waals surface area (Å²) in [6.07, 6.45) is -0.927. The molecule has 1 atom stereocenters. The van der Waals surface area contributed by atoms with Crippen LogP contribution in [-0.2, 0) is 9.53 Å². The molecule has 1 heterocycles. The Bertz CT molecular complexity index is 1030. The smallest absolute Gasteiger partial charge is 0.351 e. The van der Waals surface area contributed by atoms with Gasteiger partial charge in [0.05, 0.1) is 5.69 Å². The maximum Gasteiger partial charge on any atom is 0.351 e. The largest absolute Gasteiger partial charge is 0.448 e. The molecule has 0 bridgehead atoms. The first kappa shape index (κ1) is 20.7. The average molecular weight is 409 g/mol. The van der Waals surface area contributed by atoms with Crippen molar-refractivity contribution in [3.63, 3.8) is 0 Å². The summed E-state index contributed by atoms with van der Waals surface area (Å²) in [5.41, 5.74) is 5.36. The lowest BCUT2D eigenvalue weighted by atomic mass is 10.0. The Kier molecular flexibility index (Phi) is 6.13. The predicted octanol–water partition coefficient (Wildman–Crippen LogP) is 5.23. The summed E-state index contributed by atoms with van der Waals surface area (Å²) in [6.45, 7) is 9.23. The summed E-state index contributed by atoms with van der Waals surface area (Å²) in [6, 6.07) is 13.7. The third-order valence-corrected chi connectivity index (χ3v) is 5.77. The first-order chi connectivity index (χ1) is 13.8. The summed E-state index contributed by atoms with van der Waals surface area (Å²) >= 11 is 1.27. The molecular formula is C23H24N2O3S. The molecule has 0 aliphatic carbocycles. The average Bonchev–Trinajstić information content (AvgIpc) is 3.07. The van der Waals surface area contributed by atoms with E-state index in [1.165, 1.54) is 11.3 Å². The quantitative estimate of drug-likeness (QED) is 0.587. The van der Waals surface area contributed by atoms with Crippen LogP contribution >= 0.6 is 11.3 Å². The van der Waals surface area contributed by atoms with Gasteiger partial charge in [-0.1, -0.05) is 48.0 Å². The van der Waals surface area contributed by atoms with Crippen LogP contribution < -0.4 is 5.32 Å². The fraction of sp³-hybridized carbons (Fsp3) is 0.261. The predicted molar refractivity (Wildman–Crippen MR) is 116 cm³/mol. The number of thiazole rings is 1. The number of benzene rings is 2. The number of ether oxygens (including phenoxy) is 1. The van der Waals surface area contributed by atoms with Crippen molar-refractivity contribution >= 4 is 28.9 Å². The van der Waals surface area contributed by atoms with E-state index in [0.717, 1.165) is 32.9 Å². The van der Waals surface area contributed by atoms with Crippen molar-refractivity contribution in [1.82, 2.24) is 4.98 Å². The summed E-state index contributed by atoms with van der Waals surface area (Å²) < 4.78 is 5.42. The van der Waals surface area contributed by atoms with E-state index in [4.69, 9.17) is 4.74 Å². The second-order valence-corrected chi connectivity index (χ2v) is 8.11. The SMILES string of the molecule is Cc1cc(C)c(NC(=O)C(C)OC(=O)c2sc(-c3ccccc3)nc2C)c(C)c1. The maximum absolute atomic E-state index is 12.6. The van der Waals surface area contributed by atoms with Crippen LogP contribution in [0.15, 0.2) is 42.5 Å². The molecule has 0 aliphatic heterocycles. The topological polar surface area (TPSA) is 68.3 Å². The lowest BCUT2D eigenvalue weighted by molar-refractivity contribution is -0.123. The normalized spacial score (nSPS) is 11.8. The molecule has 0 saturated carbocycles. The molecule has 3 rings (SSSR count). The highest BCUT2D eigenvalue weighted by Crippen LogP contribution is 2.28. The molecule has 1 unspecified atom stereocenters. The lowest BCUT2D eigenvalue weighted by Crippen LogP contribution is -2.30. The van der Waals surface area contributed by atoms with Gasteiger partial charge < -0.3 is 10.1 Å². The van der Waals surface area contributed by atoms with Crippen LogP contribution in [0.3, 0.4) is 0 Å². The molecule has 1 aromatic heterocycles. The molecule has 1 amide bonds. The van der Waals surface area contributed by atoms with E-state index < -0.39 is 12.1 Å². The summed E-state index contributed by atoms with van der Waals surface area (Å²) in [5.74, 6) is -0.902. The Hall–Kier alpha value is -2.99. The van der Waals surface area contributed by atoms with Crippen LogP contribution in [0.4, 0.5) is 5.69 Å². The van der Waals surface area contributed by atoms with Crippen molar-refractivity contribution in [2.45, 2.75) is 40.7 Å². The van der Waals surface area contributed by atoms with Gasteiger partial charge >= 0.3 is 5.97 Å². The van der Waals surface area contributed by atoms with Gasteiger partial charge in [0, 0.05) is 11.3 Å². The maximum atomic E-state index is 12.6. The van der Waals surface area contributed by atoms with E-state index in [0.29, 0.717) is 10.6 Å². The second kappa shape index (κ2) is 8.57. The van der Waals surface area contributed by atoms with Crippen LogP contribution in [0.25, 0.3) is 10.6 Å². The monoisotopic (exact) mass is 408 g/mol. The Morgan fingerprint density at radius 2 is 1.66 bits per heavy atom. The Morgan fingerprint density at radius 3 is 2.28 bits per heavy atom. The van der Waals surface area contributed by atoms with Crippen molar-refractivity contribution in [2.24, 2.45) is 0 Å². The van der Waals surface area contributed by atoms with E-state index in [9.17, 15) is 9.59 Å². The number of anilines is 1. The van der Waals surface area contributed by atoms with Gasteiger partial charge in [0.2, 0.25) is 0 Å². The van der Waals surface area contributed by atoms with Gasteiger partial charge in [-0.25, -0.2) is 9.78 Å². The minimum atomic E-state index is -0.927. The Labute approximate surface area is 174 Å². The fourth-order valence-corrected chi connectivity index (χ4v) is 4.11. The fourth-order valence-electron chi connectivity index (χ4n) is 3.16. The van der Waals surface area contributed by atoms with E-state index in [-0.39, 0.29) is 5.91 Å². The number of hydrogen-bond donors (Lipinski definition) is 1. The number of amides is 1. The van der Waals surface area contributed by atoms with Gasteiger partial charge in [0.1, 0.15) is 9.88 Å². The number of carbonyl (C=O) groups excluding carboxylic acids is 2. The number of esters is 1. The Balaban J connectivity index is 1.71. The number of carbonyl (C=O) groups is 2. The van der Waals surface area contributed by atoms with Crippen LogP contribution in [0.1, 0.15) is 39.0 Å². The molecule has 29 heavy (non-hydrogen) atoms. The summed E-state index contributed by atoms with van der Waals surface area (Å²) in [4.78, 5) is 30.1. The van der Waals surface area contributed by atoms with Gasteiger partial charge in [-0.3, -0.25) is 4.79 Å². The van der Waals surface area contributed by atoms with Crippen molar-refractivity contribution in [1.29, 1.82) is 0 Å². The van der Waals surface area contributed by atoms with Crippen molar-refractivity contribution in [3.05, 3.63) is 69.7 Å². The highest BCUT2D eigenvalue weighted by Gasteiger charge is 2.24. The molecule has 2 aromatic carbocycles. The van der Waals surface area contributed by atoms with Gasteiger partial charge in [-0.2, -0.15) is 0 Å². The number of aryl methyl sites for hydroxylation is 4. The third-order valence-electron chi connectivity index (χ3n) is 4.58. The summed E-state index contributed by atoms with van der Waals surface area (Å²) in [7, 11) is 0. The number of aromatic nitrogens is 1. The molecule has 1 N–H and O–H groups in total. The zero-order valence-electron chi connectivity index (χ0n) is 17.2. The van der Waals surface area contributed by atoms with Crippen molar-refractivity contribution in [2.75, 3.05) is 5.32 Å². The molecular weight excluding hydrogens is 384 g/mol. The molecule has 0 fully saturated rings. The minimum absolute atomic E-state index is 0.362. The van der Waals surface area contributed by atoms with E-state index in [2.05, 4.69) is 10.3 Å². The zero-order valence-corrected chi connectivity index (χ0v) is 18.0. The van der Waals surface area contributed by atoms with E-state index in [1.807, 2.05) is 63.2 Å². The molecule has 150 valence electrons. The van der Waals surface area contributed by atoms with Gasteiger partial charge in [0.25, 0.3) is 5.91 Å².